The fourth-order valence-electron chi connectivity index (χ4n) is 10.8. The van der Waals surface area contributed by atoms with Crippen molar-refractivity contribution in [2.24, 2.45) is 0 Å². The molecule has 242 valence electrons. The molecule has 0 fully saturated rings. The van der Waals surface area contributed by atoms with Gasteiger partial charge in [0.15, 0.2) is 0 Å². The SMILES string of the molecule is c1ccc2c(c1)C1c3ccccc3C2c2c(-c3cc4ccccc4s3)c3c(c(-c4cc5ccccc5s4)c21)C1c2ccccc2C3c2ccccc21. The van der Waals surface area contributed by atoms with E-state index in [4.69, 9.17) is 0 Å². The quantitative estimate of drug-likeness (QED) is 0.169. The number of thiophene rings is 2. The standard InChI is InChI=1S/C50H30S2/c1-11-23-37-27(13-1)25-39(51-37)45-47-41-29-15-3-7-19-33(29)43(34-20-8-4-16-30(34)41)49(47)46(40-26-28-14-2-12-24-38(28)52-40)50-44-35-21-9-5-17-31(35)42(48(45)50)32-18-6-10-22-36(32)44/h1-26,41-44H. The van der Waals surface area contributed by atoms with Crippen LogP contribution in [-0.4, -0.2) is 0 Å². The van der Waals surface area contributed by atoms with E-state index in [2.05, 4.69) is 158 Å². The van der Waals surface area contributed by atoms with Crippen molar-refractivity contribution in [2.75, 3.05) is 0 Å². The molecule has 0 spiro atoms. The lowest BCUT2D eigenvalue weighted by Crippen LogP contribution is -2.34. The van der Waals surface area contributed by atoms with E-state index in [0.29, 0.717) is 0 Å². The van der Waals surface area contributed by atoms with Crippen molar-refractivity contribution in [1.29, 1.82) is 0 Å². The van der Waals surface area contributed by atoms with Crippen LogP contribution < -0.4 is 0 Å². The van der Waals surface area contributed by atoms with E-state index in [-0.39, 0.29) is 23.7 Å². The molecule has 0 nitrogen and oxygen atoms in total. The first-order valence-electron chi connectivity index (χ1n) is 18.4. The maximum atomic E-state index is 2.51. The second-order valence-electron chi connectivity index (χ2n) is 14.9. The van der Waals surface area contributed by atoms with Crippen molar-refractivity contribution < 1.29 is 0 Å². The minimum absolute atomic E-state index is 0.164. The normalized spacial score (nSPS) is 19.5. The molecular weight excluding hydrogens is 665 g/mol. The summed E-state index contributed by atoms with van der Waals surface area (Å²) >= 11 is 3.97. The smallest absolute Gasteiger partial charge is 0.0361 e. The van der Waals surface area contributed by atoms with Crippen LogP contribution in [0.15, 0.2) is 158 Å². The van der Waals surface area contributed by atoms with Crippen LogP contribution in [0, 0.1) is 0 Å². The van der Waals surface area contributed by atoms with Gasteiger partial charge >= 0.3 is 0 Å². The summed E-state index contributed by atoms with van der Waals surface area (Å²) < 4.78 is 2.72. The Morgan fingerprint density at radius 3 is 0.808 bits per heavy atom. The summed E-state index contributed by atoms with van der Waals surface area (Å²) in [5.74, 6) is 0.655. The predicted molar refractivity (Wildman–Crippen MR) is 218 cm³/mol. The van der Waals surface area contributed by atoms with Crippen molar-refractivity contribution in [3.05, 3.63) is 224 Å². The van der Waals surface area contributed by atoms with Crippen LogP contribution >= 0.6 is 22.7 Å². The van der Waals surface area contributed by atoms with Gasteiger partial charge in [-0.15, -0.1) is 22.7 Å². The highest BCUT2D eigenvalue weighted by Gasteiger charge is 2.51. The molecule has 4 bridgehead atoms. The summed E-state index contributed by atoms with van der Waals surface area (Å²) in [4.78, 5) is 2.81. The number of hydrogen-bond acceptors (Lipinski definition) is 2. The highest BCUT2D eigenvalue weighted by atomic mass is 32.1. The third-order valence-corrected chi connectivity index (χ3v) is 14.9. The Kier molecular flexibility index (Phi) is 5.44. The highest BCUT2D eigenvalue weighted by molar-refractivity contribution is 7.22. The molecule has 0 saturated carbocycles. The van der Waals surface area contributed by atoms with E-state index in [1.165, 1.54) is 85.6 Å². The number of hydrogen-bond donors (Lipinski definition) is 0. The van der Waals surface area contributed by atoms with E-state index in [0.717, 1.165) is 0 Å². The first-order chi connectivity index (χ1) is 25.8. The van der Waals surface area contributed by atoms with Crippen molar-refractivity contribution in [2.45, 2.75) is 23.7 Å². The molecule has 2 aromatic heterocycles. The summed E-state index contributed by atoms with van der Waals surface area (Å²) in [6.45, 7) is 0. The first kappa shape index (κ1) is 28.1. The van der Waals surface area contributed by atoms with Gasteiger partial charge in [0, 0.05) is 54.0 Å². The van der Waals surface area contributed by atoms with Crippen LogP contribution in [0.4, 0.5) is 0 Å². The zero-order valence-electron chi connectivity index (χ0n) is 28.1. The monoisotopic (exact) mass is 694 g/mol. The Hall–Kier alpha value is -5.54. The molecule has 0 amide bonds. The van der Waals surface area contributed by atoms with E-state index in [1.54, 1.807) is 22.3 Å². The Balaban J connectivity index is 1.28. The van der Waals surface area contributed by atoms with Gasteiger partial charge in [-0.3, -0.25) is 0 Å². The van der Waals surface area contributed by atoms with Crippen molar-refractivity contribution in [1.82, 2.24) is 0 Å². The molecule has 0 radical (unpaired) electrons. The van der Waals surface area contributed by atoms with E-state index in [9.17, 15) is 0 Å². The van der Waals surface area contributed by atoms with Crippen LogP contribution in [0.3, 0.4) is 0 Å². The molecule has 15 rings (SSSR count). The first-order valence-corrected chi connectivity index (χ1v) is 20.0. The molecule has 52 heavy (non-hydrogen) atoms. The van der Waals surface area contributed by atoms with Crippen LogP contribution in [0.2, 0.25) is 0 Å². The minimum atomic E-state index is 0.164. The molecule has 6 aliphatic carbocycles. The molecule has 0 aliphatic heterocycles. The largest absolute Gasteiger partial charge is 0.135 e. The second-order valence-corrected chi connectivity index (χ2v) is 17.1. The summed E-state index contributed by atoms with van der Waals surface area (Å²) in [7, 11) is 0. The highest BCUT2D eigenvalue weighted by Crippen LogP contribution is 2.68. The average Bonchev–Trinajstić information content (AvgIpc) is 3.84. The van der Waals surface area contributed by atoms with Gasteiger partial charge in [-0.25, -0.2) is 0 Å². The maximum absolute atomic E-state index is 2.51. The third kappa shape index (κ3) is 3.43. The van der Waals surface area contributed by atoms with Crippen molar-refractivity contribution in [3.63, 3.8) is 0 Å². The Morgan fingerprint density at radius 1 is 0.288 bits per heavy atom. The number of rotatable bonds is 2. The second kappa shape index (κ2) is 10.1. The minimum Gasteiger partial charge on any atom is -0.135 e. The van der Waals surface area contributed by atoms with Crippen molar-refractivity contribution >= 4 is 42.8 Å². The molecule has 2 heteroatoms. The van der Waals surface area contributed by atoms with Crippen LogP contribution in [-0.2, 0) is 0 Å². The molecule has 7 aromatic carbocycles. The van der Waals surface area contributed by atoms with Crippen LogP contribution in [0.5, 0.6) is 0 Å². The van der Waals surface area contributed by atoms with Gasteiger partial charge in [0.2, 0.25) is 0 Å². The molecule has 0 atom stereocenters. The molecule has 2 heterocycles. The predicted octanol–water partition coefficient (Wildman–Crippen LogP) is 13.4. The molecule has 6 aliphatic rings. The summed E-state index contributed by atoms with van der Waals surface area (Å²) in [6.07, 6.45) is 0. The van der Waals surface area contributed by atoms with Gasteiger partial charge in [0.05, 0.1) is 0 Å². The number of fused-ring (bicyclic) bond motifs is 2. The summed E-state index contributed by atoms with van der Waals surface area (Å²) in [5.41, 5.74) is 21.0. The topological polar surface area (TPSA) is 0 Å². The van der Waals surface area contributed by atoms with Gasteiger partial charge in [0.25, 0.3) is 0 Å². The van der Waals surface area contributed by atoms with Gasteiger partial charge in [0.1, 0.15) is 0 Å². The zero-order chi connectivity index (χ0) is 33.7. The van der Waals surface area contributed by atoms with Gasteiger partial charge < -0.3 is 0 Å². The molecule has 0 N–H and O–H groups in total. The van der Waals surface area contributed by atoms with E-state index in [1.807, 2.05) is 22.7 Å². The van der Waals surface area contributed by atoms with Gasteiger partial charge in [-0.05, 0) is 102 Å². The lowest BCUT2D eigenvalue weighted by atomic mass is 9.53. The zero-order valence-corrected chi connectivity index (χ0v) is 29.8. The van der Waals surface area contributed by atoms with Crippen LogP contribution in [0.1, 0.15) is 90.4 Å². The van der Waals surface area contributed by atoms with Gasteiger partial charge in [-0.1, -0.05) is 133 Å². The fraction of sp³-hybridized carbons (Fsp3) is 0.0800. The Morgan fingerprint density at radius 2 is 0.538 bits per heavy atom. The third-order valence-electron chi connectivity index (χ3n) is 12.6. The number of benzene rings is 7. The lowest BCUT2D eigenvalue weighted by Gasteiger charge is -2.49. The van der Waals surface area contributed by atoms with E-state index >= 15 is 0 Å². The summed E-state index contributed by atoms with van der Waals surface area (Å²) in [6, 6.07) is 60.5. The Labute approximate surface area is 310 Å². The summed E-state index contributed by atoms with van der Waals surface area (Å²) in [5, 5.41) is 2.67. The molecule has 0 saturated heterocycles. The average molecular weight is 695 g/mol. The van der Waals surface area contributed by atoms with Crippen molar-refractivity contribution in [3.8, 4) is 20.9 Å². The Bertz CT molecular complexity index is 2520. The molecule has 9 aromatic rings. The van der Waals surface area contributed by atoms with Gasteiger partial charge in [-0.2, -0.15) is 0 Å². The van der Waals surface area contributed by atoms with E-state index < -0.39 is 0 Å². The van der Waals surface area contributed by atoms with Crippen LogP contribution in [0.25, 0.3) is 41.1 Å². The molecular formula is C50H30S2. The fourth-order valence-corrected chi connectivity index (χ4v) is 13.1. The molecule has 0 unspecified atom stereocenters. The lowest BCUT2D eigenvalue weighted by molar-refractivity contribution is 0.723. The maximum Gasteiger partial charge on any atom is 0.0361 e.